The van der Waals surface area contributed by atoms with Crippen molar-refractivity contribution < 1.29 is 14.5 Å². The molecule has 0 aliphatic carbocycles. The zero-order valence-corrected chi connectivity index (χ0v) is 13.4. The zero-order valence-electron chi connectivity index (χ0n) is 12.7. The Morgan fingerprint density at radius 2 is 2.08 bits per heavy atom. The van der Waals surface area contributed by atoms with E-state index in [1.807, 2.05) is 0 Å². The highest BCUT2D eigenvalue weighted by Gasteiger charge is 2.14. The highest BCUT2D eigenvalue weighted by Crippen LogP contribution is 2.18. The molecule has 0 unspecified atom stereocenters. The van der Waals surface area contributed by atoms with Crippen molar-refractivity contribution in [1.82, 2.24) is 5.43 Å². The van der Waals surface area contributed by atoms with Crippen LogP contribution in [0.5, 0.6) is 5.75 Å². The number of carbonyl (C=O) groups excluding carboxylic acids is 1. The first-order valence-electron chi connectivity index (χ1n) is 6.96. The lowest BCUT2D eigenvalue weighted by Gasteiger charge is -2.12. The van der Waals surface area contributed by atoms with Crippen LogP contribution in [0.3, 0.4) is 0 Å². The summed E-state index contributed by atoms with van der Waals surface area (Å²) in [7, 11) is 0. The van der Waals surface area contributed by atoms with Gasteiger partial charge < -0.3 is 4.74 Å². The fourth-order valence-electron chi connectivity index (χ4n) is 1.82. The summed E-state index contributed by atoms with van der Waals surface area (Å²) in [6.07, 6.45) is 0.397. The van der Waals surface area contributed by atoms with Crippen LogP contribution in [-0.2, 0) is 4.79 Å². The molecule has 7 nitrogen and oxygen atoms in total. The number of para-hydroxylation sites is 1. The van der Waals surface area contributed by atoms with E-state index >= 15 is 0 Å². The standard InChI is InChI=1S/C16H14ClN3O4/c1-11(24-14-7-4-6-13(17)9-14)16(21)19-18-10-12-5-2-3-8-15(12)20(22)23/h2-11H,1H3,(H,19,21)/b18-10-/t11-/m1/s1. The predicted octanol–water partition coefficient (Wildman–Crippen LogP) is 3.17. The highest BCUT2D eigenvalue weighted by atomic mass is 35.5. The van der Waals surface area contributed by atoms with Gasteiger partial charge in [-0.25, -0.2) is 5.43 Å². The highest BCUT2D eigenvalue weighted by molar-refractivity contribution is 6.30. The molecule has 1 atom stereocenters. The summed E-state index contributed by atoms with van der Waals surface area (Å²) in [6.45, 7) is 1.55. The van der Waals surface area contributed by atoms with E-state index in [-0.39, 0.29) is 11.3 Å². The van der Waals surface area contributed by atoms with Gasteiger partial charge in [0.1, 0.15) is 5.75 Å². The van der Waals surface area contributed by atoms with E-state index in [9.17, 15) is 14.9 Å². The third-order valence-corrected chi connectivity index (χ3v) is 3.23. The number of ether oxygens (including phenoxy) is 1. The predicted molar refractivity (Wildman–Crippen MR) is 90.4 cm³/mol. The minimum Gasteiger partial charge on any atom is -0.481 e. The number of nitrogens with zero attached hydrogens (tertiary/aromatic N) is 2. The maximum absolute atomic E-state index is 11.9. The van der Waals surface area contributed by atoms with Gasteiger partial charge in [0.05, 0.1) is 16.7 Å². The minimum atomic E-state index is -0.814. The van der Waals surface area contributed by atoms with Crippen LogP contribution >= 0.6 is 11.6 Å². The summed E-state index contributed by atoms with van der Waals surface area (Å²) < 4.78 is 5.44. The molecular weight excluding hydrogens is 334 g/mol. The van der Waals surface area contributed by atoms with Gasteiger partial charge in [0.25, 0.3) is 11.6 Å². The third-order valence-electron chi connectivity index (χ3n) is 2.99. The Labute approximate surface area is 143 Å². The van der Waals surface area contributed by atoms with Crippen LogP contribution in [-0.4, -0.2) is 23.1 Å². The molecule has 0 bridgehead atoms. The second kappa shape index (κ2) is 8.07. The molecule has 0 aliphatic heterocycles. The molecule has 24 heavy (non-hydrogen) atoms. The fourth-order valence-corrected chi connectivity index (χ4v) is 2.00. The SMILES string of the molecule is C[C@@H](Oc1cccc(Cl)c1)C(=O)N/N=C\c1ccccc1[N+](=O)[O-]. The van der Waals surface area contributed by atoms with Crippen molar-refractivity contribution in [2.24, 2.45) is 5.10 Å². The Morgan fingerprint density at radius 3 is 2.79 bits per heavy atom. The van der Waals surface area contributed by atoms with Crippen LogP contribution in [0, 0.1) is 10.1 Å². The molecule has 2 aromatic rings. The van der Waals surface area contributed by atoms with Crippen LogP contribution in [0.2, 0.25) is 5.02 Å². The van der Waals surface area contributed by atoms with Gasteiger partial charge in [-0.15, -0.1) is 0 Å². The van der Waals surface area contributed by atoms with Gasteiger partial charge in [0, 0.05) is 11.1 Å². The topological polar surface area (TPSA) is 93.8 Å². The Balaban J connectivity index is 1.96. The molecule has 0 aliphatic rings. The molecule has 2 rings (SSSR count). The van der Waals surface area contributed by atoms with Crippen LogP contribution in [0.4, 0.5) is 5.69 Å². The van der Waals surface area contributed by atoms with E-state index in [1.165, 1.54) is 18.3 Å². The first-order valence-corrected chi connectivity index (χ1v) is 7.33. The van der Waals surface area contributed by atoms with Gasteiger partial charge in [0.2, 0.25) is 0 Å². The van der Waals surface area contributed by atoms with Crippen molar-refractivity contribution in [3.05, 3.63) is 69.2 Å². The van der Waals surface area contributed by atoms with Gasteiger partial charge in [-0.3, -0.25) is 14.9 Å². The van der Waals surface area contributed by atoms with Crippen LogP contribution < -0.4 is 10.2 Å². The maximum atomic E-state index is 11.9. The Bertz CT molecular complexity index is 779. The number of rotatable bonds is 6. The molecule has 0 heterocycles. The second-order valence-electron chi connectivity index (χ2n) is 4.77. The first-order chi connectivity index (χ1) is 11.5. The molecule has 0 radical (unpaired) electrons. The molecule has 1 N–H and O–H groups in total. The van der Waals surface area contributed by atoms with E-state index in [0.717, 1.165) is 0 Å². The molecule has 0 saturated carbocycles. The van der Waals surface area contributed by atoms with Crippen molar-refractivity contribution in [2.45, 2.75) is 13.0 Å². The quantitative estimate of drug-likeness (QED) is 0.493. The summed E-state index contributed by atoms with van der Waals surface area (Å²) in [5, 5.41) is 15.1. The smallest absolute Gasteiger partial charge is 0.280 e. The van der Waals surface area contributed by atoms with Crippen molar-refractivity contribution in [1.29, 1.82) is 0 Å². The van der Waals surface area contributed by atoms with Gasteiger partial charge in [-0.1, -0.05) is 29.8 Å². The Morgan fingerprint density at radius 1 is 1.33 bits per heavy atom. The summed E-state index contributed by atoms with van der Waals surface area (Å²) in [6, 6.07) is 12.7. The lowest BCUT2D eigenvalue weighted by Crippen LogP contribution is -2.33. The molecule has 124 valence electrons. The van der Waals surface area contributed by atoms with Crippen LogP contribution in [0.1, 0.15) is 12.5 Å². The molecule has 8 heteroatoms. The summed E-state index contributed by atoms with van der Waals surface area (Å²) in [5.41, 5.74) is 2.47. The zero-order chi connectivity index (χ0) is 17.5. The number of hydrogen-bond donors (Lipinski definition) is 1. The first kappa shape index (κ1) is 17.4. The lowest BCUT2D eigenvalue weighted by atomic mass is 10.2. The van der Waals surface area contributed by atoms with Crippen molar-refractivity contribution in [3.8, 4) is 5.75 Å². The Kier molecular flexibility index (Phi) is 5.86. The number of amides is 1. The molecule has 0 spiro atoms. The monoisotopic (exact) mass is 347 g/mol. The average Bonchev–Trinajstić information content (AvgIpc) is 2.55. The molecular formula is C16H14ClN3O4. The molecule has 2 aromatic carbocycles. The number of hydrogen-bond acceptors (Lipinski definition) is 5. The molecule has 0 aromatic heterocycles. The van der Waals surface area contributed by atoms with Crippen molar-refractivity contribution >= 4 is 29.4 Å². The minimum absolute atomic E-state index is 0.0984. The largest absolute Gasteiger partial charge is 0.481 e. The number of halogens is 1. The summed E-state index contributed by atoms with van der Waals surface area (Å²) >= 11 is 5.84. The lowest BCUT2D eigenvalue weighted by molar-refractivity contribution is -0.385. The second-order valence-corrected chi connectivity index (χ2v) is 5.20. The normalized spacial score (nSPS) is 11.9. The fraction of sp³-hybridized carbons (Fsp3) is 0.125. The third kappa shape index (κ3) is 4.79. The van der Waals surface area contributed by atoms with E-state index in [0.29, 0.717) is 10.8 Å². The summed E-state index contributed by atoms with van der Waals surface area (Å²) in [4.78, 5) is 22.3. The van der Waals surface area contributed by atoms with Crippen LogP contribution in [0.25, 0.3) is 0 Å². The maximum Gasteiger partial charge on any atom is 0.280 e. The number of benzene rings is 2. The number of nitro groups is 1. The van der Waals surface area contributed by atoms with E-state index in [2.05, 4.69) is 10.5 Å². The van der Waals surface area contributed by atoms with Gasteiger partial charge >= 0.3 is 0 Å². The van der Waals surface area contributed by atoms with Crippen molar-refractivity contribution in [2.75, 3.05) is 0 Å². The number of hydrazone groups is 1. The molecule has 0 fully saturated rings. The van der Waals surface area contributed by atoms with Crippen molar-refractivity contribution in [3.63, 3.8) is 0 Å². The number of nitrogens with one attached hydrogen (secondary N) is 1. The van der Waals surface area contributed by atoms with E-state index < -0.39 is 16.9 Å². The van der Waals surface area contributed by atoms with E-state index in [4.69, 9.17) is 16.3 Å². The molecule has 0 saturated heterocycles. The Hall–Kier alpha value is -2.93. The van der Waals surface area contributed by atoms with Crippen LogP contribution in [0.15, 0.2) is 53.6 Å². The average molecular weight is 348 g/mol. The van der Waals surface area contributed by atoms with E-state index in [1.54, 1.807) is 43.3 Å². The summed E-state index contributed by atoms with van der Waals surface area (Å²) in [5.74, 6) is -0.0439. The molecule has 1 amide bonds. The van der Waals surface area contributed by atoms with Gasteiger partial charge in [-0.05, 0) is 31.2 Å². The van der Waals surface area contributed by atoms with Gasteiger partial charge in [-0.2, -0.15) is 5.10 Å². The number of nitro benzene ring substituents is 1. The van der Waals surface area contributed by atoms with Gasteiger partial charge in [0.15, 0.2) is 6.10 Å². The number of carbonyl (C=O) groups is 1.